The Hall–Kier alpha value is -3.93. The van der Waals surface area contributed by atoms with E-state index in [-0.39, 0.29) is 0 Å². The molecule has 6 heteroatoms. The number of H-pyrrole nitrogens is 1. The second kappa shape index (κ2) is 9.14. The van der Waals surface area contributed by atoms with Crippen molar-refractivity contribution in [2.24, 2.45) is 0 Å². The lowest BCUT2D eigenvalue weighted by atomic mass is 10.0. The predicted molar refractivity (Wildman–Crippen MR) is 137 cm³/mol. The van der Waals surface area contributed by atoms with E-state index in [1.807, 2.05) is 18.2 Å². The molecular weight excluding hydrogens is 426 g/mol. The zero-order valence-corrected chi connectivity index (χ0v) is 20.0. The number of hydrogen-bond donors (Lipinski definition) is 1. The van der Waals surface area contributed by atoms with Crippen molar-refractivity contribution in [3.63, 3.8) is 0 Å². The van der Waals surface area contributed by atoms with Crippen LogP contribution in [0.1, 0.15) is 19.8 Å². The highest BCUT2D eigenvalue weighted by Gasteiger charge is 2.18. The second-order valence-corrected chi connectivity index (χ2v) is 8.30. The number of nitrogens with one attached hydrogen (secondary N) is 1. The molecule has 0 spiro atoms. The van der Waals surface area contributed by atoms with Crippen LogP contribution < -0.4 is 14.2 Å². The highest BCUT2D eigenvalue weighted by Crippen LogP contribution is 2.42. The topological polar surface area (TPSA) is 61.3 Å². The Balaban J connectivity index is 1.65. The molecule has 174 valence electrons. The lowest BCUT2D eigenvalue weighted by Crippen LogP contribution is -1.96. The van der Waals surface area contributed by atoms with E-state index in [2.05, 4.69) is 59.1 Å². The molecule has 0 aliphatic heterocycles. The number of rotatable bonds is 8. The van der Waals surface area contributed by atoms with Crippen LogP contribution in [0, 0.1) is 0 Å². The van der Waals surface area contributed by atoms with Crippen molar-refractivity contribution in [3.8, 4) is 39.8 Å². The molecule has 34 heavy (non-hydrogen) atoms. The number of imidazole rings is 1. The van der Waals surface area contributed by atoms with Gasteiger partial charge in [0.05, 0.1) is 32.4 Å². The van der Waals surface area contributed by atoms with E-state index in [1.54, 1.807) is 21.3 Å². The van der Waals surface area contributed by atoms with Crippen LogP contribution in [0.2, 0.25) is 0 Å². The van der Waals surface area contributed by atoms with Crippen molar-refractivity contribution in [3.05, 3.63) is 60.8 Å². The number of benzene rings is 3. The quantitative estimate of drug-likeness (QED) is 0.284. The first kappa shape index (κ1) is 21.9. The van der Waals surface area contributed by atoms with Gasteiger partial charge in [-0.3, -0.25) is 0 Å². The summed E-state index contributed by atoms with van der Waals surface area (Å²) < 4.78 is 19.0. The molecule has 0 aliphatic rings. The molecule has 2 heterocycles. The summed E-state index contributed by atoms with van der Waals surface area (Å²) in [6, 6.07) is 18.7. The minimum atomic E-state index is 0.572. The van der Waals surface area contributed by atoms with Gasteiger partial charge in [0.15, 0.2) is 11.5 Å². The number of aromatic nitrogens is 3. The summed E-state index contributed by atoms with van der Waals surface area (Å²) in [4.78, 5) is 8.60. The van der Waals surface area contributed by atoms with Crippen LogP contribution in [0.3, 0.4) is 0 Å². The molecule has 0 saturated carbocycles. The van der Waals surface area contributed by atoms with Crippen LogP contribution in [0.4, 0.5) is 0 Å². The summed E-state index contributed by atoms with van der Waals surface area (Å²) in [5.74, 6) is 2.65. The fourth-order valence-corrected chi connectivity index (χ4v) is 4.58. The number of ether oxygens (including phenoxy) is 3. The molecule has 3 aromatic carbocycles. The van der Waals surface area contributed by atoms with Crippen LogP contribution in [-0.4, -0.2) is 35.9 Å². The number of para-hydroxylation sites is 1. The number of fused-ring (bicyclic) bond motifs is 2. The minimum absolute atomic E-state index is 0.572. The largest absolute Gasteiger partial charge is 0.493 e. The molecule has 0 fully saturated rings. The zero-order valence-electron chi connectivity index (χ0n) is 20.0. The van der Waals surface area contributed by atoms with Crippen LogP contribution in [0.5, 0.6) is 17.2 Å². The third-order valence-electron chi connectivity index (χ3n) is 6.31. The number of methoxy groups -OCH3 is 3. The van der Waals surface area contributed by atoms with Gasteiger partial charge < -0.3 is 23.8 Å². The Morgan fingerprint density at radius 3 is 2.32 bits per heavy atom. The maximum Gasteiger partial charge on any atom is 0.203 e. The van der Waals surface area contributed by atoms with Gasteiger partial charge in [-0.2, -0.15) is 0 Å². The maximum absolute atomic E-state index is 5.57. The molecule has 0 radical (unpaired) electrons. The average molecular weight is 456 g/mol. The molecule has 2 aromatic heterocycles. The number of aromatic amines is 1. The molecular formula is C28H29N3O3. The van der Waals surface area contributed by atoms with Gasteiger partial charge in [0.2, 0.25) is 5.75 Å². The molecule has 0 saturated heterocycles. The summed E-state index contributed by atoms with van der Waals surface area (Å²) in [7, 11) is 4.86. The van der Waals surface area contributed by atoms with Gasteiger partial charge in [0, 0.05) is 34.8 Å². The first-order chi connectivity index (χ1) is 16.7. The number of aryl methyl sites for hydroxylation is 1. The molecule has 0 atom stereocenters. The van der Waals surface area contributed by atoms with Gasteiger partial charge in [-0.15, -0.1) is 0 Å². The predicted octanol–water partition coefficient (Wildman–Crippen LogP) is 6.68. The molecule has 5 rings (SSSR count). The van der Waals surface area contributed by atoms with Crippen molar-refractivity contribution in [1.82, 2.24) is 14.5 Å². The lowest BCUT2D eigenvalue weighted by Gasteiger charge is -2.14. The van der Waals surface area contributed by atoms with Gasteiger partial charge in [-0.1, -0.05) is 37.6 Å². The molecule has 0 amide bonds. The lowest BCUT2D eigenvalue weighted by molar-refractivity contribution is 0.324. The minimum Gasteiger partial charge on any atom is -0.493 e. The van der Waals surface area contributed by atoms with Crippen LogP contribution in [-0.2, 0) is 6.54 Å². The highest BCUT2D eigenvalue weighted by molar-refractivity contribution is 5.98. The Bertz CT molecular complexity index is 1440. The fraction of sp³-hybridized carbons (Fsp3) is 0.250. The number of nitrogens with zero attached hydrogens (tertiary/aromatic N) is 2. The van der Waals surface area contributed by atoms with Crippen LogP contribution in [0.15, 0.2) is 60.8 Å². The van der Waals surface area contributed by atoms with E-state index in [1.165, 1.54) is 17.3 Å². The molecule has 0 aliphatic carbocycles. The van der Waals surface area contributed by atoms with Gasteiger partial charge in [0.25, 0.3) is 0 Å². The van der Waals surface area contributed by atoms with Crippen LogP contribution in [0.25, 0.3) is 44.5 Å². The SMILES string of the molecule is CCCCn1ccc2c(-c3nc4c(-c5cc(OC)c(OC)c(OC)c5)cccc4[nH]3)cccc21. The van der Waals surface area contributed by atoms with Gasteiger partial charge in [-0.05, 0) is 42.3 Å². The molecule has 6 nitrogen and oxygen atoms in total. The monoisotopic (exact) mass is 455 g/mol. The number of hydrogen-bond acceptors (Lipinski definition) is 4. The van der Waals surface area contributed by atoms with E-state index in [0.29, 0.717) is 17.2 Å². The Morgan fingerprint density at radius 1 is 0.882 bits per heavy atom. The number of unbranched alkanes of at least 4 members (excludes halogenated alkanes) is 1. The summed E-state index contributed by atoms with van der Waals surface area (Å²) in [6.45, 7) is 3.24. The molecule has 5 aromatic rings. The molecule has 1 N–H and O–H groups in total. The fourth-order valence-electron chi connectivity index (χ4n) is 4.58. The first-order valence-electron chi connectivity index (χ1n) is 11.6. The van der Waals surface area contributed by atoms with E-state index >= 15 is 0 Å². The molecule has 0 bridgehead atoms. The van der Waals surface area contributed by atoms with E-state index in [9.17, 15) is 0 Å². The van der Waals surface area contributed by atoms with E-state index < -0.39 is 0 Å². The average Bonchev–Trinajstić information content (AvgIpc) is 3.50. The second-order valence-electron chi connectivity index (χ2n) is 8.30. The smallest absolute Gasteiger partial charge is 0.203 e. The van der Waals surface area contributed by atoms with Crippen molar-refractivity contribution in [1.29, 1.82) is 0 Å². The van der Waals surface area contributed by atoms with Crippen molar-refractivity contribution in [2.75, 3.05) is 21.3 Å². The normalized spacial score (nSPS) is 11.3. The Kier molecular flexibility index (Phi) is 5.88. The van der Waals surface area contributed by atoms with E-state index in [4.69, 9.17) is 19.2 Å². The van der Waals surface area contributed by atoms with Crippen molar-refractivity contribution < 1.29 is 14.2 Å². The van der Waals surface area contributed by atoms with Gasteiger partial charge in [-0.25, -0.2) is 4.98 Å². The third kappa shape index (κ3) is 3.65. The van der Waals surface area contributed by atoms with Crippen molar-refractivity contribution >= 4 is 21.9 Å². The highest BCUT2D eigenvalue weighted by atomic mass is 16.5. The standard InChI is InChI=1S/C28H29N3O3/c1-5-6-14-31-15-13-20-21(10-8-12-23(20)31)28-29-22-11-7-9-19(26(22)30-28)18-16-24(32-2)27(34-4)25(17-18)33-3/h7-13,15-17H,5-6,14H2,1-4H3,(H,29,30). The Labute approximate surface area is 199 Å². The summed E-state index contributed by atoms with van der Waals surface area (Å²) >= 11 is 0. The maximum atomic E-state index is 5.57. The summed E-state index contributed by atoms with van der Waals surface area (Å²) in [5.41, 5.74) is 6.14. The first-order valence-corrected chi connectivity index (χ1v) is 11.6. The van der Waals surface area contributed by atoms with Crippen LogP contribution >= 0.6 is 0 Å². The summed E-state index contributed by atoms with van der Waals surface area (Å²) in [6.07, 6.45) is 4.51. The van der Waals surface area contributed by atoms with Crippen molar-refractivity contribution in [2.45, 2.75) is 26.3 Å². The zero-order chi connectivity index (χ0) is 23.7. The summed E-state index contributed by atoms with van der Waals surface area (Å²) in [5, 5.41) is 1.20. The molecule has 0 unspecified atom stereocenters. The van der Waals surface area contributed by atoms with Gasteiger partial charge >= 0.3 is 0 Å². The van der Waals surface area contributed by atoms with E-state index in [0.717, 1.165) is 46.5 Å². The Morgan fingerprint density at radius 2 is 1.62 bits per heavy atom. The third-order valence-corrected chi connectivity index (χ3v) is 6.31. The van der Waals surface area contributed by atoms with Gasteiger partial charge in [0.1, 0.15) is 5.82 Å².